The molecule has 2 saturated heterocycles. The minimum Gasteiger partial charge on any atom is -0.390 e. The largest absolute Gasteiger partial charge is 0.390 e. The molecule has 0 saturated carbocycles. The Balaban J connectivity index is 1.40. The normalized spacial score (nSPS) is 30.1. The number of aliphatic hydroxyl groups is 1. The second-order valence-corrected chi connectivity index (χ2v) is 7.43. The predicted octanol–water partition coefficient (Wildman–Crippen LogP) is 0.537. The summed E-state index contributed by atoms with van der Waals surface area (Å²) in [5.74, 6) is 0. The predicted molar refractivity (Wildman–Crippen MR) is 101 cm³/mol. The summed E-state index contributed by atoms with van der Waals surface area (Å²) < 4.78 is 14.0. The van der Waals surface area contributed by atoms with Crippen molar-refractivity contribution in [3.05, 3.63) is 54.1 Å². The van der Waals surface area contributed by atoms with Crippen molar-refractivity contribution in [2.24, 2.45) is 7.05 Å². The monoisotopic (exact) mass is 372 g/mol. The molecule has 0 aromatic carbocycles. The molecule has 7 heteroatoms. The summed E-state index contributed by atoms with van der Waals surface area (Å²) >= 11 is 0. The number of nitrogens with zero attached hydrogens (tertiary/aromatic N) is 3. The smallest absolute Gasteiger partial charge is 0.176 e. The van der Waals surface area contributed by atoms with Gasteiger partial charge in [-0.3, -0.25) is 9.88 Å². The molecule has 2 bridgehead atoms. The van der Waals surface area contributed by atoms with Crippen LogP contribution in [0.2, 0.25) is 0 Å². The third-order valence-electron chi connectivity index (χ3n) is 5.66. The minimum atomic E-state index is -0.565. The third kappa shape index (κ3) is 3.93. The molecule has 2 fully saturated rings. The van der Waals surface area contributed by atoms with E-state index in [1.807, 2.05) is 50.8 Å². The molecule has 0 radical (unpaired) electrons. The van der Waals surface area contributed by atoms with Gasteiger partial charge in [-0.25, -0.2) is 0 Å². The second-order valence-electron chi connectivity index (χ2n) is 7.43. The van der Waals surface area contributed by atoms with Crippen LogP contribution >= 0.6 is 0 Å². The van der Waals surface area contributed by atoms with Crippen molar-refractivity contribution in [1.29, 1.82) is 0 Å². The molecule has 27 heavy (non-hydrogen) atoms. The van der Waals surface area contributed by atoms with E-state index in [1.165, 1.54) is 5.69 Å². The van der Waals surface area contributed by atoms with Gasteiger partial charge in [-0.05, 0) is 31.3 Å². The number of hydrogen-bond acceptors (Lipinski definition) is 6. The fourth-order valence-electron chi connectivity index (χ4n) is 4.01. The summed E-state index contributed by atoms with van der Waals surface area (Å²) in [7, 11) is 4.03. The van der Waals surface area contributed by atoms with Gasteiger partial charge in [-0.15, -0.1) is 0 Å². The number of pyridine rings is 1. The molecular formula is C20H28N4O3. The van der Waals surface area contributed by atoms with Gasteiger partial charge in [-0.2, -0.15) is 0 Å². The van der Waals surface area contributed by atoms with Gasteiger partial charge >= 0.3 is 0 Å². The summed E-state index contributed by atoms with van der Waals surface area (Å²) in [5.41, 5.74) is 2.21. The fraction of sp³-hybridized carbons (Fsp3) is 0.550. The van der Waals surface area contributed by atoms with Crippen LogP contribution in [-0.4, -0.2) is 70.3 Å². The Morgan fingerprint density at radius 1 is 1.33 bits per heavy atom. The lowest BCUT2D eigenvalue weighted by atomic mass is 9.94. The highest BCUT2D eigenvalue weighted by molar-refractivity contribution is 5.08. The lowest BCUT2D eigenvalue weighted by Crippen LogP contribution is -2.63. The molecular weight excluding hydrogens is 344 g/mol. The molecule has 2 N–H and O–H groups in total. The Bertz CT molecular complexity index is 738. The first-order valence-electron chi connectivity index (χ1n) is 9.52. The molecule has 4 heterocycles. The van der Waals surface area contributed by atoms with E-state index in [2.05, 4.69) is 25.8 Å². The zero-order valence-corrected chi connectivity index (χ0v) is 15.9. The number of hydrogen-bond donors (Lipinski definition) is 2. The number of ether oxygens (including phenoxy) is 2. The minimum absolute atomic E-state index is 0.120. The number of fused-ring (bicyclic) bond motifs is 2. The maximum atomic E-state index is 11.1. The average molecular weight is 372 g/mol. The van der Waals surface area contributed by atoms with Crippen molar-refractivity contribution in [3.63, 3.8) is 0 Å². The molecule has 2 aromatic heterocycles. The number of rotatable bonds is 7. The number of likely N-dealkylation sites (N-methyl/N-ethyl adjacent to an activating group) is 1. The van der Waals surface area contributed by atoms with Crippen LogP contribution in [0.4, 0.5) is 0 Å². The van der Waals surface area contributed by atoms with Gasteiger partial charge in [-0.1, -0.05) is 6.07 Å². The highest BCUT2D eigenvalue weighted by Gasteiger charge is 2.51. The third-order valence-corrected chi connectivity index (χ3v) is 5.66. The Morgan fingerprint density at radius 3 is 2.96 bits per heavy atom. The number of aromatic nitrogens is 2. The van der Waals surface area contributed by atoms with Crippen molar-refractivity contribution < 1.29 is 14.6 Å². The SMILES string of the molecule is CN(CCc1ccccn1)[C@H]1[C@@H]2OC[C@@H](O2)[C@@H](NCc2cccn2C)[C@@H]1O. The number of aryl methyl sites for hydroxylation is 1. The van der Waals surface area contributed by atoms with Gasteiger partial charge in [0.1, 0.15) is 6.10 Å². The molecule has 0 spiro atoms. The van der Waals surface area contributed by atoms with Gasteiger partial charge in [0.25, 0.3) is 0 Å². The van der Waals surface area contributed by atoms with Crippen LogP contribution in [0.3, 0.4) is 0 Å². The highest BCUT2D eigenvalue weighted by Crippen LogP contribution is 2.31. The molecule has 146 valence electrons. The van der Waals surface area contributed by atoms with E-state index in [0.717, 1.165) is 18.7 Å². The lowest BCUT2D eigenvalue weighted by Gasteiger charge is -2.42. The first-order valence-corrected chi connectivity index (χ1v) is 9.52. The molecule has 0 amide bonds. The highest BCUT2D eigenvalue weighted by atomic mass is 16.7. The summed E-state index contributed by atoms with van der Waals surface area (Å²) in [4.78, 5) is 6.50. The maximum Gasteiger partial charge on any atom is 0.176 e. The van der Waals surface area contributed by atoms with Crippen LogP contribution in [0.5, 0.6) is 0 Å². The van der Waals surface area contributed by atoms with Crippen molar-refractivity contribution in [2.45, 2.75) is 43.5 Å². The molecule has 4 rings (SSSR count). The van der Waals surface area contributed by atoms with E-state index in [4.69, 9.17) is 9.47 Å². The quantitative estimate of drug-likeness (QED) is 0.739. The van der Waals surface area contributed by atoms with Gasteiger partial charge in [0, 0.05) is 50.3 Å². The summed E-state index contributed by atoms with van der Waals surface area (Å²) in [5, 5.41) is 14.6. The number of nitrogens with one attached hydrogen (secondary N) is 1. The van der Waals surface area contributed by atoms with Crippen molar-refractivity contribution in [1.82, 2.24) is 19.8 Å². The Kier molecular flexibility index (Phi) is 5.56. The van der Waals surface area contributed by atoms with E-state index in [9.17, 15) is 5.11 Å². The molecule has 2 aliphatic heterocycles. The summed E-state index contributed by atoms with van der Waals surface area (Å²) in [6, 6.07) is 9.66. The first-order chi connectivity index (χ1) is 13.1. The lowest BCUT2D eigenvalue weighted by molar-refractivity contribution is -0.178. The Labute approximate surface area is 159 Å². The van der Waals surface area contributed by atoms with Gasteiger partial charge in [0.05, 0.1) is 24.8 Å². The molecule has 2 aromatic rings. The second kappa shape index (κ2) is 8.08. The average Bonchev–Trinajstić information content (AvgIpc) is 3.28. The first kappa shape index (κ1) is 18.6. The number of aliphatic hydroxyl groups excluding tert-OH is 1. The Hall–Kier alpha value is -1.77. The van der Waals surface area contributed by atoms with Crippen molar-refractivity contribution in [3.8, 4) is 0 Å². The zero-order valence-electron chi connectivity index (χ0n) is 15.9. The van der Waals surface area contributed by atoms with E-state index in [0.29, 0.717) is 13.2 Å². The summed E-state index contributed by atoms with van der Waals surface area (Å²) in [6.45, 7) is 1.97. The van der Waals surface area contributed by atoms with E-state index < -0.39 is 6.10 Å². The van der Waals surface area contributed by atoms with Crippen LogP contribution < -0.4 is 5.32 Å². The van der Waals surface area contributed by atoms with Gasteiger partial charge < -0.3 is 24.5 Å². The van der Waals surface area contributed by atoms with Crippen LogP contribution in [0, 0.1) is 0 Å². The molecule has 5 atom stereocenters. The maximum absolute atomic E-state index is 11.1. The summed E-state index contributed by atoms with van der Waals surface area (Å²) in [6.07, 6.45) is 3.58. The standard InChI is InChI=1S/C20H28N4O3/c1-23-10-5-7-15(23)12-22-17-16-13-26-20(27-16)18(19(17)25)24(2)11-8-14-6-3-4-9-21-14/h3-7,9-10,16-20,22,25H,8,11-13H2,1-2H3/t16-,17-,18-,19+,20-/m1/s1. The Morgan fingerprint density at radius 2 is 2.22 bits per heavy atom. The molecule has 2 aliphatic rings. The molecule has 7 nitrogen and oxygen atoms in total. The van der Waals surface area contributed by atoms with E-state index in [-0.39, 0.29) is 24.5 Å². The molecule has 0 unspecified atom stereocenters. The fourth-order valence-corrected chi connectivity index (χ4v) is 4.01. The van der Waals surface area contributed by atoms with Crippen molar-refractivity contribution in [2.75, 3.05) is 20.2 Å². The van der Waals surface area contributed by atoms with Crippen molar-refractivity contribution >= 4 is 0 Å². The van der Waals surface area contributed by atoms with Gasteiger partial charge in [0.2, 0.25) is 0 Å². The van der Waals surface area contributed by atoms with E-state index >= 15 is 0 Å². The van der Waals surface area contributed by atoms with Gasteiger partial charge in [0.15, 0.2) is 6.29 Å². The zero-order chi connectivity index (χ0) is 18.8. The van der Waals surface area contributed by atoms with E-state index in [1.54, 1.807) is 0 Å². The van der Waals surface area contributed by atoms with Crippen LogP contribution in [0.1, 0.15) is 11.4 Å². The topological polar surface area (TPSA) is 71.8 Å². The molecule has 0 aliphatic carbocycles. The van der Waals surface area contributed by atoms with Crippen LogP contribution in [-0.2, 0) is 29.5 Å². The van der Waals surface area contributed by atoms with Crippen LogP contribution in [0.15, 0.2) is 42.7 Å². The van der Waals surface area contributed by atoms with Crippen LogP contribution in [0.25, 0.3) is 0 Å².